The summed E-state index contributed by atoms with van der Waals surface area (Å²) in [4.78, 5) is 40.0. The van der Waals surface area contributed by atoms with E-state index in [1.54, 1.807) is 19.1 Å². The molecule has 168 valence electrons. The van der Waals surface area contributed by atoms with Gasteiger partial charge in [-0.25, -0.2) is 4.99 Å². The summed E-state index contributed by atoms with van der Waals surface area (Å²) < 4.78 is 6.97. The molecule has 1 amide bonds. The van der Waals surface area contributed by atoms with E-state index in [1.807, 2.05) is 35.8 Å². The van der Waals surface area contributed by atoms with Crippen molar-refractivity contribution >= 4 is 57.2 Å². The van der Waals surface area contributed by atoms with Crippen LogP contribution in [0.4, 0.5) is 11.4 Å². The van der Waals surface area contributed by atoms with E-state index in [2.05, 4.69) is 10.3 Å². The Hall–Kier alpha value is -3.92. The molecule has 1 saturated heterocycles. The number of nitro groups is 1. The van der Waals surface area contributed by atoms with Crippen molar-refractivity contribution in [2.75, 3.05) is 6.61 Å². The zero-order valence-corrected chi connectivity index (χ0v) is 18.7. The number of amides is 1. The smallest absolute Gasteiger partial charge is 0.325 e. The monoisotopic (exact) mass is 464 g/mol. The van der Waals surface area contributed by atoms with Crippen LogP contribution in [0.1, 0.15) is 18.2 Å². The van der Waals surface area contributed by atoms with Gasteiger partial charge in [0.25, 0.3) is 11.6 Å². The number of nitro benzene ring substituents is 1. The third-order valence-electron chi connectivity index (χ3n) is 5.07. The summed E-state index contributed by atoms with van der Waals surface area (Å²) in [6.45, 7) is 4.03. The molecule has 1 aliphatic heterocycles. The molecule has 0 aliphatic carbocycles. The second kappa shape index (κ2) is 9.29. The van der Waals surface area contributed by atoms with Crippen LogP contribution in [0.2, 0.25) is 0 Å². The molecule has 9 nitrogen and oxygen atoms in total. The summed E-state index contributed by atoms with van der Waals surface area (Å²) in [6, 6.07) is 13.5. The first-order valence-electron chi connectivity index (χ1n) is 10.1. The van der Waals surface area contributed by atoms with Gasteiger partial charge in [-0.05, 0) is 43.8 Å². The number of rotatable bonds is 6. The van der Waals surface area contributed by atoms with Crippen molar-refractivity contribution in [1.29, 1.82) is 0 Å². The number of amidine groups is 1. The molecule has 2 aromatic carbocycles. The van der Waals surface area contributed by atoms with Gasteiger partial charge in [-0.1, -0.05) is 24.3 Å². The van der Waals surface area contributed by atoms with Crippen molar-refractivity contribution in [3.05, 3.63) is 74.8 Å². The van der Waals surface area contributed by atoms with E-state index in [-0.39, 0.29) is 24.1 Å². The summed E-state index contributed by atoms with van der Waals surface area (Å²) in [7, 11) is 0. The molecule has 0 bridgehead atoms. The van der Waals surface area contributed by atoms with Gasteiger partial charge in [-0.3, -0.25) is 19.7 Å². The Kier molecular flexibility index (Phi) is 6.27. The lowest BCUT2D eigenvalue weighted by molar-refractivity contribution is -0.384. The predicted octanol–water partition coefficient (Wildman–Crippen LogP) is 4.31. The van der Waals surface area contributed by atoms with Crippen molar-refractivity contribution in [1.82, 2.24) is 9.88 Å². The van der Waals surface area contributed by atoms with Crippen molar-refractivity contribution < 1.29 is 19.2 Å². The molecule has 0 radical (unpaired) electrons. The number of esters is 1. The van der Waals surface area contributed by atoms with E-state index in [9.17, 15) is 19.7 Å². The first-order chi connectivity index (χ1) is 15.9. The van der Waals surface area contributed by atoms with Crippen LogP contribution in [0.15, 0.2) is 58.4 Å². The number of carbonyl (C=O) groups excluding carboxylic acids is 2. The maximum Gasteiger partial charge on any atom is 0.325 e. The van der Waals surface area contributed by atoms with Crippen LogP contribution in [0.3, 0.4) is 0 Å². The van der Waals surface area contributed by atoms with E-state index < -0.39 is 4.92 Å². The molecular formula is C23H20N4O5S. The number of carbonyl (C=O) groups is 2. The highest BCUT2D eigenvalue weighted by Crippen LogP contribution is 2.33. The number of aliphatic imine (C=N–C) groups is 1. The number of nitrogens with zero attached hydrogens (tertiary/aromatic N) is 3. The molecule has 33 heavy (non-hydrogen) atoms. The topological polar surface area (TPSA) is 116 Å². The van der Waals surface area contributed by atoms with Gasteiger partial charge < -0.3 is 14.6 Å². The maximum atomic E-state index is 12.6. The summed E-state index contributed by atoms with van der Waals surface area (Å²) in [6.07, 6.45) is 1.77. The standard InChI is InChI=1S/C23H20N4O5S/c1-3-32-21(28)13-26-14(2)18(17-9-4-5-10-19(17)26)12-20-22(29)25-23(33-20)24-15-7-6-8-16(11-15)27(30)31/h4-12H,3,13H2,1-2H3,(H,24,25,29)/b20-12-. The number of aromatic nitrogens is 1. The van der Waals surface area contributed by atoms with Gasteiger partial charge in [-0.15, -0.1) is 0 Å². The average Bonchev–Trinajstić information content (AvgIpc) is 3.26. The second-order valence-electron chi connectivity index (χ2n) is 7.17. The Bertz CT molecular complexity index is 1340. The molecule has 1 N–H and O–H groups in total. The highest BCUT2D eigenvalue weighted by Gasteiger charge is 2.25. The number of hydrogen-bond acceptors (Lipinski definition) is 7. The molecule has 10 heteroatoms. The molecule has 0 spiro atoms. The summed E-state index contributed by atoms with van der Waals surface area (Å²) in [5.41, 5.74) is 2.81. The lowest BCUT2D eigenvalue weighted by atomic mass is 10.1. The quantitative estimate of drug-likeness (QED) is 0.251. The van der Waals surface area contributed by atoms with Gasteiger partial charge in [0, 0.05) is 34.3 Å². The predicted molar refractivity (Wildman–Crippen MR) is 127 cm³/mol. The number of benzene rings is 2. The minimum Gasteiger partial charge on any atom is -0.465 e. The van der Waals surface area contributed by atoms with Gasteiger partial charge in [0.15, 0.2) is 5.17 Å². The van der Waals surface area contributed by atoms with Crippen molar-refractivity contribution in [2.45, 2.75) is 20.4 Å². The summed E-state index contributed by atoms with van der Waals surface area (Å²) >= 11 is 1.15. The molecule has 0 unspecified atom stereocenters. The Morgan fingerprint density at radius 2 is 2.06 bits per heavy atom. The minimum absolute atomic E-state index is 0.0716. The number of fused-ring (bicyclic) bond motifs is 1. The fraction of sp³-hybridized carbons (Fsp3) is 0.174. The number of para-hydroxylation sites is 1. The van der Waals surface area contributed by atoms with E-state index in [4.69, 9.17) is 4.74 Å². The molecule has 1 fully saturated rings. The average molecular weight is 465 g/mol. The van der Waals surface area contributed by atoms with Gasteiger partial charge in [0.1, 0.15) is 6.54 Å². The number of nitrogens with one attached hydrogen (secondary N) is 1. The number of non-ortho nitro benzene ring substituents is 1. The molecule has 2 heterocycles. The highest BCUT2D eigenvalue weighted by molar-refractivity contribution is 8.18. The third kappa shape index (κ3) is 4.65. The number of thioether (sulfide) groups is 1. The normalized spacial score (nSPS) is 15.9. The van der Waals surface area contributed by atoms with E-state index in [0.29, 0.717) is 22.4 Å². The van der Waals surface area contributed by atoms with Crippen LogP contribution in [-0.4, -0.2) is 33.1 Å². The van der Waals surface area contributed by atoms with Gasteiger partial charge in [-0.2, -0.15) is 0 Å². The van der Waals surface area contributed by atoms with Gasteiger partial charge in [0.05, 0.1) is 22.1 Å². The van der Waals surface area contributed by atoms with Crippen LogP contribution in [0, 0.1) is 17.0 Å². The summed E-state index contributed by atoms with van der Waals surface area (Å²) in [5, 5.41) is 14.9. The zero-order chi connectivity index (χ0) is 23.5. The molecule has 0 saturated carbocycles. The molecule has 4 rings (SSSR count). The Balaban J connectivity index is 1.68. The van der Waals surface area contributed by atoms with Crippen LogP contribution in [-0.2, 0) is 20.9 Å². The van der Waals surface area contributed by atoms with Crippen LogP contribution in [0.5, 0.6) is 0 Å². The lowest BCUT2D eigenvalue weighted by Crippen LogP contribution is -2.19. The zero-order valence-electron chi connectivity index (χ0n) is 17.9. The Morgan fingerprint density at radius 1 is 1.27 bits per heavy atom. The van der Waals surface area contributed by atoms with E-state index in [1.165, 1.54) is 18.2 Å². The fourth-order valence-corrected chi connectivity index (χ4v) is 4.41. The molecule has 1 aromatic heterocycles. The van der Waals surface area contributed by atoms with Crippen molar-refractivity contribution in [2.24, 2.45) is 4.99 Å². The van der Waals surface area contributed by atoms with E-state index >= 15 is 0 Å². The molecule has 0 atom stereocenters. The molecule has 3 aromatic rings. The number of hydrogen-bond donors (Lipinski definition) is 1. The summed E-state index contributed by atoms with van der Waals surface area (Å²) in [5.74, 6) is -0.647. The first-order valence-corrected chi connectivity index (χ1v) is 11.0. The maximum absolute atomic E-state index is 12.6. The van der Waals surface area contributed by atoms with Gasteiger partial charge >= 0.3 is 5.97 Å². The van der Waals surface area contributed by atoms with Gasteiger partial charge in [0.2, 0.25) is 0 Å². The third-order valence-corrected chi connectivity index (χ3v) is 5.98. The van der Waals surface area contributed by atoms with Crippen LogP contribution < -0.4 is 5.32 Å². The number of ether oxygens (including phenoxy) is 1. The van der Waals surface area contributed by atoms with Crippen LogP contribution in [0.25, 0.3) is 17.0 Å². The fourth-order valence-electron chi connectivity index (χ4n) is 3.58. The first kappa shape index (κ1) is 22.3. The van der Waals surface area contributed by atoms with E-state index in [0.717, 1.165) is 33.9 Å². The molecular weight excluding hydrogens is 444 g/mol. The minimum atomic E-state index is -0.496. The Labute approximate surface area is 193 Å². The largest absolute Gasteiger partial charge is 0.465 e. The van der Waals surface area contributed by atoms with Crippen molar-refractivity contribution in [3.8, 4) is 0 Å². The van der Waals surface area contributed by atoms with Crippen LogP contribution >= 0.6 is 11.8 Å². The molecule has 1 aliphatic rings. The highest BCUT2D eigenvalue weighted by atomic mass is 32.2. The SMILES string of the molecule is CCOC(=O)Cn1c(C)c(/C=C2\SC(=Nc3cccc([N+](=O)[O-])c3)NC2=O)c2ccccc21. The lowest BCUT2D eigenvalue weighted by Gasteiger charge is -2.07. The van der Waals surface area contributed by atoms with Crippen molar-refractivity contribution in [3.63, 3.8) is 0 Å². The second-order valence-corrected chi connectivity index (χ2v) is 8.20. The Morgan fingerprint density at radius 3 is 2.82 bits per heavy atom.